The molecular formula is C11H17NO3. The molecule has 0 aliphatic rings. The highest BCUT2D eigenvalue weighted by Crippen LogP contribution is 2.26. The van der Waals surface area contributed by atoms with Crippen molar-refractivity contribution in [3.8, 4) is 0 Å². The van der Waals surface area contributed by atoms with Gasteiger partial charge in [0.25, 0.3) is 0 Å². The summed E-state index contributed by atoms with van der Waals surface area (Å²) in [6, 6.07) is 0. The van der Waals surface area contributed by atoms with Crippen LogP contribution in [-0.4, -0.2) is 23.2 Å². The van der Waals surface area contributed by atoms with E-state index < -0.39 is 17.1 Å². The minimum Gasteiger partial charge on any atom is -0.456 e. The van der Waals surface area contributed by atoms with Crippen molar-refractivity contribution in [1.29, 1.82) is 0 Å². The molecule has 15 heavy (non-hydrogen) atoms. The predicted octanol–water partition coefficient (Wildman–Crippen LogP) is 2.00. The van der Waals surface area contributed by atoms with Gasteiger partial charge < -0.3 is 4.74 Å². The topological polar surface area (TPSA) is 55.7 Å². The zero-order valence-corrected chi connectivity index (χ0v) is 9.66. The molecule has 0 fully saturated rings. The molecule has 0 aromatic rings. The first-order valence-electron chi connectivity index (χ1n) is 4.67. The number of aliphatic imine (C=N–C) groups is 1. The van der Waals surface area contributed by atoms with Gasteiger partial charge in [-0.3, -0.25) is 0 Å². The molecule has 0 rings (SSSR count). The Morgan fingerprint density at radius 3 is 2.40 bits per heavy atom. The van der Waals surface area contributed by atoms with E-state index in [1.807, 2.05) is 0 Å². The van der Waals surface area contributed by atoms with Crippen LogP contribution in [0.5, 0.6) is 0 Å². The van der Waals surface area contributed by atoms with Gasteiger partial charge in [-0.15, -0.1) is 0 Å². The van der Waals surface area contributed by atoms with Crippen LogP contribution in [-0.2, 0) is 14.3 Å². The van der Waals surface area contributed by atoms with Gasteiger partial charge >= 0.3 is 5.97 Å². The number of ether oxygens (including phenoxy) is 1. The Morgan fingerprint density at radius 2 is 2.00 bits per heavy atom. The van der Waals surface area contributed by atoms with Crippen molar-refractivity contribution in [2.45, 2.75) is 45.3 Å². The van der Waals surface area contributed by atoms with Gasteiger partial charge in [-0.2, -0.15) is 4.99 Å². The molecule has 0 amide bonds. The summed E-state index contributed by atoms with van der Waals surface area (Å²) in [5.74, 6) is -0.481. The van der Waals surface area contributed by atoms with Gasteiger partial charge in [-0.25, -0.2) is 9.59 Å². The van der Waals surface area contributed by atoms with Gasteiger partial charge in [0.15, 0.2) is 0 Å². The molecule has 0 radical (unpaired) electrons. The van der Waals surface area contributed by atoms with Crippen LogP contribution in [0.3, 0.4) is 0 Å². The molecule has 0 aliphatic heterocycles. The quantitative estimate of drug-likeness (QED) is 0.302. The lowest BCUT2D eigenvalue weighted by Gasteiger charge is -2.30. The van der Waals surface area contributed by atoms with Crippen molar-refractivity contribution in [2.75, 3.05) is 0 Å². The maximum absolute atomic E-state index is 11.0. The number of isocyanates is 1. The average molecular weight is 211 g/mol. The Labute approximate surface area is 90.0 Å². The number of nitrogens with zero attached hydrogens (tertiary/aromatic N) is 1. The summed E-state index contributed by atoms with van der Waals surface area (Å²) >= 11 is 0. The summed E-state index contributed by atoms with van der Waals surface area (Å²) in [6.07, 6.45) is 3.06. The first kappa shape index (κ1) is 13.6. The van der Waals surface area contributed by atoms with E-state index in [9.17, 15) is 9.59 Å². The Balaban J connectivity index is 4.55. The molecule has 4 heteroatoms. The Kier molecular flexibility index (Phi) is 4.43. The molecule has 0 saturated carbocycles. The number of esters is 1. The molecule has 0 aromatic carbocycles. The molecular weight excluding hydrogens is 194 g/mol. The normalized spacial score (nSPS) is 11.5. The summed E-state index contributed by atoms with van der Waals surface area (Å²) in [7, 11) is 0. The summed E-state index contributed by atoms with van der Waals surface area (Å²) in [6.45, 7) is 10.4. The van der Waals surface area contributed by atoms with E-state index in [1.165, 1.54) is 6.08 Å². The van der Waals surface area contributed by atoms with Gasteiger partial charge in [-0.1, -0.05) is 6.58 Å². The van der Waals surface area contributed by atoms with Gasteiger partial charge in [0, 0.05) is 12.5 Å². The van der Waals surface area contributed by atoms with Crippen molar-refractivity contribution >= 4 is 12.0 Å². The molecule has 0 aromatic heterocycles. The fourth-order valence-corrected chi connectivity index (χ4v) is 1.55. The van der Waals surface area contributed by atoms with E-state index in [4.69, 9.17) is 4.74 Å². The maximum Gasteiger partial charge on any atom is 0.330 e. The fraction of sp³-hybridized carbons (Fsp3) is 0.636. The monoisotopic (exact) mass is 211 g/mol. The van der Waals surface area contributed by atoms with Crippen molar-refractivity contribution in [3.63, 3.8) is 0 Å². The number of carbonyl (C=O) groups is 1. The number of rotatable bonds is 5. The van der Waals surface area contributed by atoms with Crippen LogP contribution in [0.1, 0.15) is 34.1 Å². The number of carbonyl (C=O) groups excluding carboxylic acids is 2. The van der Waals surface area contributed by atoms with E-state index in [1.54, 1.807) is 27.7 Å². The second-order valence-electron chi connectivity index (χ2n) is 4.58. The minimum atomic E-state index is -0.685. The highest BCUT2D eigenvalue weighted by Gasteiger charge is 2.31. The van der Waals surface area contributed by atoms with Crippen LogP contribution < -0.4 is 0 Å². The lowest BCUT2D eigenvalue weighted by molar-refractivity contribution is -0.151. The molecule has 0 aliphatic carbocycles. The summed E-state index contributed by atoms with van der Waals surface area (Å²) in [5, 5.41) is 0. The van der Waals surface area contributed by atoms with Crippen molar-refractivity contribution < 1.29 is 14.3 Å². The summed E-state index contributed by atoms with van der Waals surface area (Å²) < 4.78 is 5.12. The van der Waals surface area contributed by atoms with Gasteiger partial charge in [0.1, 0.15) is 5.60 Å². The van der Waals surface area contributed by atoms with Crippen LogP contribution in [0, 0.1) is 0 Å². The fourth-order valence-electron chi connectivity index (χ4n) is 1.55. The molecule has 84 valence electrons. The first-order chi connectivity index (χ1) is 6.72. The number of hydrogen-bond acceptors (Lipinski definition) is 4. The average Bonchev–Trinajstić information content (AvgIpc) is 2.00. The number of hydrogen-bond donors (Lipinski definition) is 0. The molecule has 0 bridgehead atoms. The molecule has 0 heterocycles. The van der Waals surface area contributed by atoms with Crippen molar-refractivity contribution in [1.82, 2.24) is 0 Å². The molecule has 0 spiro atoms. The molecule has 4 nitrogen and oxygen atoms in total. The lowest BCUT2D eigenvalue weighted by Crippen LogP contribution is -2.35. The zero-order valence-electron chi connectivity index (χ0n) is 9.66. The molecule has 0 unspecified atom stereocenters. The first-order valence-corrected chi connectivity index (χ1v) is 4.67. The largest absolute Gasteiger partial charge is 0.456 e. The van der Waals surface area contributed by atoms with Gasteiger partial charge in [0.2, 0.25) is 6.08 Å². The van der Waals surface area contributed by atoms with E-state index in [0.29, 0.717) is 6.42 Å². The van der Waals surface area contributed by atoms with Crippen molar-refractivity contribution in [3.05, 3.63) is 12.7 Å². The highest BCUT2D eigenvalue weighted by molar-refractivity contribution is 5.81. The summed E-state index contributed by atoms with van der Waals surface area (Å²) in [4.78, 5) is 24.8. The Morgan fingerprint density at radius 1 is 1.47 bits per heavy atom. The maximum atomic E-state index is 11.0. The Bertz CT molecular complexity index is 299. The summed E-state index contributed by atoms with van der Waals surface area (Å²) in [5.41, 5.74) is -1.28. The van der Waals surface area contributed by atoms with E-state index in [2.05, 4.69) is 11.6 Å². The van der Waals surface area contributed by atoms with Crippen LogP contribution >= 0.6 is 0 Å². The van der Waals surface area contributed by atoms with Crippen LogP contribution in [0.2, 0.25) is 0 Å². The van der Waals surface area contributed by atoms with Gasteiger partial charge in [-0.05, 0) is 27.7 Å². The second kappa shape index (κ2) is 4.89. The van der Waals surface area contributed by atoms with Crippen LogP contribution in [0.25, 0.3) is 0 Å². The third-order valence-electron chi connectivity index (χ3n) is 1.75. The van der Waals surface area contributed by atoms with Crippen LogP contribution in [0.15, 0.2) is 17.6 Å². The van der Waals surface area contributed by atoms with Gasteiger partial charge in [0.05, 0.1) is 5.54 Å². The lowest BCUT2D eigenvalue weighted by atomic mass is 9.90. The van der Waals surface area contributed by atoms with Crippen molar-refractivity contribution in [2.24, 2.45) is 4.99 Å². The Hall–Kier alpha value is -1.41. The van der Waals surface area contributed by atoms with E-state index >= 15 is 0 Å². The SMILES string of the molecule is C=CC(=O)OC(C)(C)CC(C)(C)N=C=O. The smallest absolute Gasteiger partial charge is 0.330 e. The predicted molar refractivity (Wildman–Crippen MR) is 57.2 cm³/mol. The second-order valence-corrected chi connectivity index (χ2v) is 4.58. The van der Waals surface area contributed by atoms with Crippen LogP contribution in [0.4, 0.5) is 0 Å². The zero-order chi connectivity index (χ0) is 12.1. The molecule has 0 N–H and O–H groups in total. The standard InChI is InChI=1S/C11H17NO3/c1-6-9(14)15-11(4,5)7-10(2,3)12-8-13/h6H,1,7H2,2-5H3. The highest BCUT2D eigenvalue weighted by atomic mass is 16.6. The van der Waals surface area contributed by atoms with E-state index in [0.717, 1.165) is 6.08 Å². The van der Waals surface area contributed by atoms with E-state index in [-0.39, 0.29) is 0 Å². The minimum absolute atomic E-state index is 0.439. The third-order valence-corrected chi connectivity index (χ3v) is 1.75. The molecule has 0 saturated heterocycles. The molecule has 0 atom stereocenters. The third kappa shape index (κ3) is 5.81.